The Bertz CT molecular complexity index is 697. The van der Waals surface area contributed by atoms with Crippen LogP contribution in [0.25, 0.3) is 0 Å². The van der Waals surface area contributed by atoms with Crippen LogP contribution in [0.15, 0.2) is 29.2 Å². The number of hydrogen-bond donors (Lipinski definition) is 0. The molecule has 1 aromatic rings. The van der Waals surface area contributed by atoms with Crippen molar-refractivity contribution in [2.45, 2.75) is 37.8 Å². The van der Waals surface area contributed by atoms with Crippen LogP contribution in [0.5, 0.6) is 0 Å². The quantitative estimate of drug-likeness (QED) is 0.804. The lowest BCUT2D eigenvalue weighted by molar-refractivity contribution is -0.155. The normalized spacial score (nSPS) is 19.3. The first kappa shape index (κ1) is 17.5. The molecule has 0 N–H and O–H groups in total. The van der Waals surface area contributed by atoms with Crippen LogP contribution in [0.3, 0.4) is 0 Å². The standard InChI is InChI=1S/C16H22N2O4S/c1-4-9-17-11-15(19)18(12(2)16(17)20)10-13-5-7-14(8-6-13)23(3,21)22/h5-8,12H,4,9-11H2,1-3H3/t12-/m1/s1. The minimum absolute atomic E-state index is 0.0424. The fourth-order valence-corrected chi connectivity index (χ4v) is 3.30. The van der Waals surface area contributed by atoms with Gasteiger partial charge >= 0.3 is 0 Å². The van der Waals surface area contributed by atoms with E-state index in [2.05, 4.69) is 0 Å². The lowest BCUT2D eigenvalue weighted by Gasteiger charge is -2.38. The van der Waals surface area contributed by atoms with E-state index < -0.39 is 15.9 Å². The van der Waals surface area contributed by atoms with Crippen LogP contribution in [-0.4, -0.2) is 55.4 Å². The second kappa shape index (κ2) is 6.70. The zero-order valence-electron chi connectivity index (χ0n) is 13.7. The summed E-state index contributed by atoms with van der Waals surface area (Å²) in [5.41, 5.74) is 0.800. The third-order valence-electron chi connectivity index (χ3n) is 3.98. The van der Waals surface area contributed by atoms with E-state index in [1.54, 1.807) is 28.9 Å². The minimum Gasteiger partial charge on any atom is -0.332 e. The highest BCUT2D eigenvalue weighted by molar-refractivity contribution is 7.90. The van der Waals surface area contributed by atoms with Gasteiger partial charge in [-0.1, -0.05) is 19.1 Å². The van der Waals surface area contributed by atoms with Gasteiger partial charge in [0.05, 0.1) is 11.4 Å². The molecule has 0 aromatic heterocycles. The molecule has 126 valence electrons. The predicted octanol–water partition coefficient (Wildman–Crippen LogP) is 1.06. The molecule has 7 heteroatoms. The average molecular weight is 338 g/mol. The monoisotopic (exact) mass is 338 g/mol. The molecule has 0 radical (unpaired) electrons. The van der Waals surface area contributed by atoms with Crippen molar-refractivity contribution in [1.29, 1.82) is 0 Å². The summed E-state index contributed by atoms with van der Waals surface area (Å²) in [6, 6.07) is 5.90. The van der Waals surface area contributed by atoms with Gasteiger partial charge in [-0.05, 0) is 31.0 Å². The van der Waals surface area contributed by atoms with E-state index in [0.717, 1.165) is 18.2 Å². The minimum atomic E-state index is -3.24. The summed E-state index contributed by atoms with van der Waals surface area (Å²) >= 11 is 0. The van der Waals surface area contributed by atoms with E-state index >= 15 is 0 Å². The fraction of sp³-hybridized carbons (Fsp3) is 0.500. The van der Waals surface area contributed by atoms with Crippen LogP contribution in [0.4, 0.5) is 0 Å². The summed E-state index contributed by atoms with van der Waals surface area (Å²) in [6.45, 7) is 4.70. The topological polar surface area (TPSA) is 74.8 Å². The highest BCUT2D eigenvalue weighted by Gasteiger charge is 2.35. The first-order chi connectivity index (χ1) is 10.7. The Morgan fingerprint density at radius 1 is 1.17 bits per heavy atom. The number of hydrogen-bond acceptors (Lipinski definition) is 4. The van der Waals surface area contributed by atoms with E-state index in [9.17, 15) is 18.0 Å². The van der Waals surface area contributed by atoms with Crippen molar-refractivity contribution in [2.75, 3.05) is 19.3 Å². The second-order valence-electron chi connectivity index (χ2n) is 5.87. The van der Waals surface area contributed by atoms with Crippen molar-refractivity contribution in [3.8, 4) is 0 Å². The maximum atomic E-state index is 12.3. The van der Waals surface area contributed by atoms with Crippen LogP contribution < -0.4 is 0 Å². The van der Waals surface area contributed by atoms with E-state index in [4.69, 9.17) is 0 Å². The van der Waals surface area contributed by atoms with Gasteiger partial charge in [0.2, 0.25) is 11.8 Å². The summed E-state index contributed by atoms with van der Waals surface area (Å²) in [4.78, 5) is 28.0. The molecule has 2 rings (SSSR count). The van der Waals surface area contributed by atoms with Crippen molar-refractivity contribution in [2.24, 2.45) is 0 Å². The summed E-state index contributed by atoms with van der Waals surface area (Å²) in [5, 5.41) is 0. The molecule has 0 unspecified atom stereocenters. The molecule has 0 saturated carbocycles. The highest BCUT2D eigenvalue weighted by atomic mass is 32.2. The first-order valence-corrected chi connectivity index (χ1v) is 9.50. The summed E-state index contributed by atoms with van der Waals surface area (Å²) in [5.74, 6) is -0.128. The predicted molar refractivity (Wildman–Crippen MR) is 86.4 cm³/mol. The molecule has 0 aliphatic carbocycles. The molecular weight excluding hydrogens is 316 g/mol. The smallest absolute Gasteiger partial charge is 0.245 e. The van der Waals surface area contributed by atoms with E-state index in [0.29, 0.717) is 13.1 Å². The Balaban J connectivity index is 2.13. The first-order valence-electron chi connectivity index (χ1n) is 7.61. The Kier molecular flexibility index (Phi) is 5.09. The Morgan fingerprint density at radius 3 is 2.30 bits per heavy atom. The molecule has 0 bridgehead atoms. The van der Waals surface area contributed by atoms with Crippen LogP contribution >= 0.6 is 0 Å². The van der Waals surface area contributed by atoms with Crippen molar-refractivity contribution in [3.05, 3.63) is 29.8 Å². The average Bonchev–Trinajstić information content (AvgIpc) is 2.49. The zero-order chi connectivity index (χ0) is 17.2. The van der Waals surface area contributed by atoms with Crippen molar-refractivity contribution in [1.82, 2.24) is 9.80 Å². The highest BCUT2D eigenvalue weighted by Crippen LogP contribution is 2.18. The van der Waals surface area contributed by atoms with E-state index in [-0.39, 0.29) is 23.3 Å². The Morgan fingerprint density at radius 2 is 1.78 bits per heavy atom. The molecule has 2 amide bonds. The Labute approximate surface area is 137 Å². The SMILES string of the molecule is CCCN1CC(=O)N(Cc2ccc(S(C)(=O)=O)cc2)[C@H](C)C1=O. The molecular formula is C16H22N2O4S. The third-order valence-corrected chi connectivity index (χ3v) is 5.11. The van der Waals surface area contributed by atoms with Gasteiger partial charge in [-0.2, -0.15) is 0 Å². The van der Waals surface area contributed by atoms with Gasteiger partial charge in [0.1, 0.15) is 6.04 Å². The maximum Gasteiger partial charge on any atom is 0.245 e. The van der Waals surface area contributed by atoms with Gasteiger partial charge in [-0.15, -0.1) is 0 Å². The van der Waals surface area contributed by atoms with Gasteiger partial charge in [0.25, 0.3) is 0 Å². The molecule has 1 aliphatic heterocycles. The van der Waals surface area contributed by atoms with Crippen LogP contribution in [0.1, 0.15) is 25.8 Å². The van der Waals surface area contributed by atoms with Gasteiger partial charge in [0.15, 0.2) is 9.84 Å². The number of carbonyl (C=O) groups is 2. The number of piperazine rings is 1. The Hall–Kier alpha value is -1.89. The molecule has 1 aromatic carbocycles. The van der Waals surface area contributed by atoms with E-state index in [1.807, 2.05) is 6.92 Å². The van der Waals surface area contributed by atoms with Crippen molar-refractivity contribution < 1.29 is 18.0 Å². The molecule has 6 nitrogen and oxygen atoms in total. The van der Waals surface area contributed by atoms with E-state index in [1.165, 1.54) is 12.1 Å². The molecule has 23 heavy (non-hydrogen) atoms. The number of rotatable bonds is 5. The lowest BCUT2D eigenvalue weighted by Crippen LogP contribution is -2.58. The van der Waals surface area contributed by atoms with Gasteiger partial charge in [-0.3, -0.25) is 9.59 Å². The molecule has 1 heterocycles. The largest absolute Gasteiger partial charge is 0.332 e. The van der Waals surface area contributed by atoms with Crippen LogP contribution in [0, 0.1) is 0 Å². The van der Waals surface area contributed by atoms with Crippen LogP contribution in [0.2, 0.25) is 0 Å². The lowest BCUT2D eigenvalue weighted by atomic mass is 10.1. The summed E-state index contributed by atoms with van der Waals surface area (Å²) in [7, 11) is -3.24. The molecule has 0 spiro atoms. The number of amides is 2. The molecule has 1 aliphatic rings. The van der Waals surface area contributed by atoms with Gasteiger partial charge in [-0.25, -0.2) is 8.42 Å². The maximum absolute atomic E-state index is 12.3. The molecule has 1 atom stereocenters. The summed E-state index contributed by atoms with van der Waals surface area (Å²) < 4.78 is 22.9. The van der Waals surface area contributed by atoms with Crippen molar-refractivity contribution >= 4 is 21.7 Å². The van der Waals surface area contributed by atoms with Gasteiger partial charge < -0.3 is 9.80 Å². The number of carbonyl (C=O) groups excluding carboxylic acids is 2. The van der Waals surface area contributed by atoms with Crippen LogP contribution in [-0.2, 0) is 26.0 Å². The second-order valence-corrected chi connectivity index (χ2v) is 7.89. The number of nitrogens with zero attached hydrogens (tertiary/aromatic N) is 2. The van der Waals surface area contributed by atoms with Gasteiger partial charge in [0, 0.05) is 19.3 Å². The molecule has 1 saturated heterocycles. The number of benzene rings is 1. The zero-order valence-corrected chi connectivity index (χ0v) is 14.5. The van der Waals surface area contributed by atoms with Crippen molar-refractivity contribution in [3.63, 3.8) is 0 Å². The number of sulfone groups is 1. The molecule has 1 fully saturated rings. The third kappa shape index (κ3) is 3.90. The fourth-order valence-electron chi connectivity index (χ4n) is 2.67. The summed E-state index contributed by atoms with van der Waals surface area (Å²) in [6.07, 6.45) is 1.97.